The topological polar surface area (TPSA) is 26.3 Å². The summed E-state index contributed by atoms with van der Waals surface area (Å²) in [5.74, 6) is 2.53. The van der Waals surface area contributed by atoms with Gasteiger partial charge >= 0.3 is 0 Å². The second kappa shape index (κ2) is 4.58. The summed E-state index contributed by atoms with van der Waals surface area (Å²) in [6.07, 6.45) is 4.87. The molecule has 3 atom stereocenters. The lowest BCUT2D eigenvalue weighted by Gasteiger charge is -2.20. The maximum Gasteiger partial charge on any atom is 0.166 e. The van der Waals surface area contributed by atoms with Gasteiger partial charge < -0.3 is 4.74 Å². The molecule has 0 aromatic heterocycles. The van der Waals surface area contributed by atoms with E-state index in [1.165, 1.54) is 19.3 Å². The fourth-order valence-corrected chi connectivity index (χ4v) is 3.86. The average molecular weight is 265 g/mol. The van der Waals surface area contributed by atoms with E-state index >= 15 is 0 Å². The molecule has 2 aliphatic rings. The Hall–Kier alpha value is -1.02. The number of benzene rings is 1. The molecule has 0 heterocycles. The molecule has 0 saturated heterocycles. The monoisotopic (exact) mass is 264 g/mol. The minimum atomic E-state index is 0.230. The number of fused-ring (bicyclic) bond motifs is 2. The largest absolute Gasteiger partial charge is 0.495 e. The third-order valence-electron chi connectivity index (χ3n) is 4.51. The molecule has 0 radical (unpaired) electrons. The Labute approximate surface area is 112 Å². The van der Waals surface area contributed by atoms with E-state index < -0.39 is 0 Å². The van der Waals surface area contributed by atoms with Crippen LogP contribution in [0.2, 0.25) is 5.02 Å². The first-order valence-corrected chi connectivity index (χ1v) is 6.94. The number of ketones is 1. The molecule has 2 aliphatic carbocycles. The molecule has 2 saturated carbocycles. The van der Waals surface area contributed by atoms with Crippen LogP contribution >= 0.6 is 11.6 Å². The van der Waals surface area contributed by atoms with E-state index in [0.29, 0.717) is 16.7 Å². The van der Waals surface area contributed by atoms with Gasteiger partial charge in [-0.1, -0.05) is 18.0 Å². The van der Waals surface area contributed by atoms with Gasteiger partial charge in [0.25, 0.3) is 0 Å². The fourth-order valence-electron chi connectivity index (χ4n) is 3.60. The lowest BCUT2D eigenvalue weighted by Crippen LogP contribution is -2.21. The molecule has 0 spiro atoms. The smallest absolute Gasteiger partial charge is 0.166 e. The van der Waals surface area contributed by atoms with E-state index in [0.717, 1.165) is 17.9 Å². The molecular weight excluding hydrogens is 248 g/mol. The van der Waals surface area contributed by atoms with Gasteiger partial charge in [-0.05, 0) is 49.3 Å². The van der Waals surface area contributed by atoms with Crippen molar-refractivity contribution in [3.05, 3.63) is 28.8 Å². The minimum Gasteiger partial charge on any atom is -0.495 e. The van der Waals surface area contributed by atoms with Crippen molar-refractivity contribution in [3.63, 3.8) is 0 Å². The predicted octanol–water partition coefficient (Wildman–Crippen LogP) is 3.97. The summed E-state index contributed by atoms with van der Waals surface area (Å²) in [5.41, 5.74) is 0.735. The molecule has 96 valence electrons. The van der Waals surface area contributed by atoms with E-state index in [-0.39, 0.29) is 11.7 Å². The highest BCUT2D eigenvalue weighted by Gasteiger charge is 2.43. The van der Waals surface area contributed by atoms with Gasteiger partial charge in [-0.15, -0.1) is 0 Å². The first-order chi connectivity index (χ1) is 8.69. The van der Waals surface area contributed by atoms with Gasteiger partial charge in [0.05, 0.1) is 12.1 Å². The van der Waals surface area contributed by atoms with Crippen molar-refractivity contribution in [3.8, 4) is 5.75 Å². The summed E-state index contributed by atoms with van der Waals surface area (Å²) in [6.45, 7) is 0. The van der Waals surface area contributed by atoms with Crippen molar-refractivity contribution in [2.45, 2.75) is 25.7 Å². The van der Waals surface area contributed by atoms with Crippen LogP contribution in [0.15, 0.2) is 18.2 Å². The third kappa shape index (κ3) is 1.93. The van der Waals surface area contributed by atoms with Crippen LogP contribution in [0.5, 0.6) is 5.75 Å². The molecule has 0 N–H and O–H groups in total. The summed E-state index contributed by atoms with van der Waals surface area (Å²) >= 11 is 6.08. The number of ether oxygens (including phenoxy) is 1. The summed E-state index contributed by atoms with van der Waals surface area (Å²) in [5, 5.41) is 0.520. The molecule has 0 aliphatic heterocycles. The van der Waals surface area contributed by atoms with Gasteiger partial charge in [-0.2, -0.15) is 0 Å². The normalized spacial score (nSPS) is 29.6. The Balaban J connectivity index is 1.82. The molecule has 1 aromatic rings. The number of carbonyl (C=O) groups excluding carboxylic acids is 1. The molecule has 2 fully saturated rings. The fraction of sp³-hybridized carbons (Fsp3) is 0.533. The first-order valence-electron chi connectivity index (χ1n) is 6.57. The highest BCUT2D eigenvalue weighted by molar-refractivity contribution is 6.32. The number of hydrogen-bond donors (Lipinski definition) is 0. The Morgan fingerprint density at radius 2 is 2.17 bits per heavy atom. The van der Waals surface area contributed by atoms with Crippen molar-refractivity contribution < 1.29 is 9.53 Å². The Morgan fingerprint density at radius 3 is 2.72 bits per heavy atom. The molecule has 0 amide bonds. The van der Waals surface area contributed by atoms with Gasteiger partial charge in [0.2, 0.25) is 0 Å². The van der Waals surface area contributed by atoms with Crippen LogP contribution in [-0.4, -0.2) is 12.9 Å². The van der Waals surface area contributed by atoms with Crippen molar-refractivity contribution in [2.24, 2.45) is 17.8 Å². The predicted molar refractivity (Wildman–Crippen MR) is 71.3 cm³/mol. The highest BCUT2D eigenvalue weighted by Crippen LogP contribution is 2.49. The summed E-state index contributed by atoms with van der Waals surface area (Å²) in [7, 11) is 1.58. The number of hydrogen-bond acceptors (Lipinski definition) is 2. The minimum absolute atomic E-state index is 0.230. The van der Waals surface area contributed by atoms with Crippen molar-refractivity contribution >= 4 is 17.4 Å². The van der Waals surface area contributed by atoms with Crippen LogP contribution < -0.4 is 4.74 Å². The summed E-state index contributed by atoms with van der Waals surface area (Å²) < 4.78 is 5.11. The maximum atomic E-state index is 12.5. The Kier molecular flexibility index (Phi) is 3.06. The van der Waals surface area contributed by atoms with E-state index in [9.17, 15) is 4.79 Å². The van der Waals surface area contributed by atoms with Gasteiger partial charge in [0, 0.05) is 11.5 Å². The molecule has 1 aromatic carbocycles. The van der Waals surface area contributed by atoms with E-state index in [4.69, 9.17) is 16.3 Å². The lowest BCUT2D eigenvalue weighted by atomic mass is 9.83. The zero-order valence-corrected chi connectivity index (χ0v) is 11.2. The van der Waals surface area contributed by atoms with E-state index in [1.54, 1.807) is 19.2 Å². The zero-order chi connectivity index (χ0) is 12.7. The van der Waals surface area contributed by atoms with Gasteiger partial charge in [0.15, 0.2) is 5.78 Å². The number of carbonyl (C=O) groups is 1. The average Bonchev–Trinajstić information content (AvgIpc) is 3.00. The number of halogens is 1. The summed E-state index contributed by atoms with van der Waals surface area (Å²) in [4.78, 5) is 12.5. The Morgan fingerprint density at radius 1 is 1.33 bits per heavy atom. The van der Waals surface area contributed by atoms with Gasteiger partial charge in [-0.25, -0.2) is 0 Å². The van der Waals surface area contributed by atoms with Crippen LogP contribution in [0.4, 0.5) is 0 Å². The van der Waals surface area contributed by atoms with Crippen molar-refractivity contribution in [1.29, 1.82) is 0 Å². The van der Waals surface area contributed by atoms with Crippen LogP contribution in [0.3, 0.4) is 0 Å². The van der Waals surface area contributed by atoms with Crippen LogP contribution in [0.1, 0.15) is 36.0 Å². The van der Waals surface area contributed by atoms with Crippen LogP contribution in [0.25, 0.3) is 0 Å². The first kappa shape index (κ1) is 12.0. The number of methoxy groups -OCH3 is 1. The van der Waals surface area contributed by atoms with E-state index in [1.807, 2.05) is 6.07 Å². The second-order valence-corrected chi connectivity index (χ2v) is 5.90. The quantitative estimate of drug-likeness (QED) is 0.772. The van der Waals surface area contributed by atoms with Crippen molar-refractivity contribution in [2.75, 3.05) is 7.11 Å². The van der Waals surface area contributed by atoms with Gasteiger partial charge in [0.1, 0.15) is 5.75 Å². The van der Waals surface area contributed by atoms with Crippen LogP contribution in [0, 0.1) is 17.8 Å². The Bertz CT molecular complexity index is 483. The molecule has 2 bridgehead atoms. The van der Waals surface area contributed by atoms with Crippen LogP contribution in [-0.2, 0) is 0 Å². The second-order valence-electron chi connectivity index (χ2n) is 5.49. The molecule has 3 unspecified atom stereocenters. The molecule has 3 rings (SSSR count). The standard InChI is InChI=1S/C15H17ClO2/c1-18-14-5-4-11(8-13(14)16)15(17)12-7-9-2-3-10(12)6-9/h4-5,8-10,12H,2-3,6-7H2,1H3. The number of Topliss-reactive ketones (excluding diaryl/α,β-unsaturated/α-hetero) is 1. The maximum absolute atomic E-state index is 12.5. The molecule has 18 heavy (non-hydrogen) atoms. The molecular formula is C15H17ClO2. The zero-order valence-electron chi connectivity index (χ0n) is 10.5. The highest BCUT2D eigenvalue weighted by atomic mass is 35.5. The lowest BCUT2D eigenvalue weighted by molar-refractivity contribution is 0.0874. The SMILES string of the molecule is COc1ccc(C(=O)C2CC3CCC2C3)cc1Cl. The van der Waals surface area contributed by atoms with Crippen molar-refractivity contribution in [1.82, 2.24) is 0 Å². The summed E-state index contributed by atoms with van der Waals surface area (Å²) in [6, 6.07) is 5.36. The number of rotatable bonds is 3. The third-order valence-corrected chi connectivity index (χ3v) is 4.81. The molecule has 2 nitrogen and oxygen atoms in total. The van der Waals surface area contributed by atoms with Gasteiger partial charge in [-0.3, -0.25) is 4.79 Å². The molecule has 3 heteroatoms. The van der Waals surface area contributed by atoms with E-state index in [2.05, 4.69) is 0 Å².